The van der Waals surface area contributed by atoms with E-state index in [1.54, 1.807) is 6.21 Å². The number of hydrogen-bond acceptors (Lipinski definition) is 6. The summed E-state index contributed by atoms with van der Waals surface area (Å²) in [5, 5.41) is 13.2. The van der Waals surface area contributed by atoms with Crippen LogP contribution in [-0.2, 0) is 0 Å². The maximum Gasteiger partial charge on any atom is 0.252 e. The van der Waals surface area contributed by atoms with Gasteiger partial charge in [-0.15, -0.1) is 0 Å². The molecule has 0 aliphatic rings. The summed E-state index contributed by atoms with van der Waals surface area (Å²) in [5.74, 6) is 0.911. The Kier molecular flexibility index (Phi) is 5.96. The Hall–Kier alpha value is -2.81. The molecule has 1 aromatic carbocycles. The summed E-state index contributed by atoms with van der Waals surface area (Å²) in [6.45, 7) is 10.1. The van der Waals surface area contributed by atoms with Gasteiger partial charge in [0.15, 0.2) is 0 Å². The van der Waals surface area contributed by atoms with Gasteiger partial charge in [-0.3, -0.25) is 0 Å². The Balaban J connectivity index is 2.05. The molecule has 6 heteroatoms. The molecule has 0 spiro atoms. The average Bonchev–Trinajstić information content (AvgIpc) is 3.01. The van der Waals surface area contributed by atoms with Crippen LogP contribution in [0.15, 0.2) is 33.8 Å². The van der Waals surface area contributed by atoms with E-state index >= 15 is 0 Å². The molecule has 0 aliphatic carbocycles. The van der Waals surface area contributed by atoms with E-state index in [4.69, 9.17) is 9.68 Å². The zero-order chi connectivity index (χ0) is 17.5. The van der Waals surface area contributed by atoms with Crippen LogP contribution in [0.5, 0.6) is 0 Å². The van der Waals surface area contributed by atoms with Crippen LogP contribution >= 0.6 is 0 Å². The van der Waals surface area contributed by atoms with E-state index in [-0.39, 0.29) is 17.5 Å². The Bertz CT molecular complexity index is 721. The van der Waals surface area contributed by atoms with Gasteiger partial charge in [0.1, 0.15) is 6.07 Å². The van der Waals surface area contributed by atoms with Gasteiger partial charge in [-0.2, -0.15) is 10.4 Å². The van der Waals surface area contributed by atoms with Crippen molar-refractivity contribution in [2.75, 3.05) is 23.4 Å². The summed E-state index contributed by atoms with van der Waals surface area (Å²) >= 11 is 0. The third kappa shape index (κ3) is 4.13. The van der Waals surface area contributed by atoms with Crippen LogP contribution in [0.1, 0.15) is 50.8 Å². The summed E-state index contributed by atoms with van der Waals surface area (Å²) in [5.41, 5.74) is 5.12. The molecule has 24 heavy (non-hydrogen) atoms. The minimum atomic E-state index is 0.115. The van der Waals surface area contributed by atoms with Crippen molar-refractivity contribution in [1.82, 2.24) is 4.98 Å². The van der Waals surface area contributed by atoms with Crippen LogP contribution in [0.2, 0.25) is 0 Å². The van der Waals surface area contributed by atoms with Gasteiger partial charge in [-0.1, -0.05) is 26.0 Å². The van der Waals surface area contributed by atoms with Gasteiger partial charge in [-0.25, -0.2) is 10.4 Å². The monoisotopic (exact) mass is 325 g/mol. The number of oxazole rings is 1. The maximum absolute atomic E-state index is 9.09. The smallest absolute Gasteiger partial charge is 0.252 e. The van der Waals surface area contributed by atoms with Crippen molar-refractivity contribution in [1.29, 1.82) is 5.26 Å². The molecule has 0 unspecified atom stereocenters. The second-order valence-electron chi connectivity index (χ2n) is 5.63. The van der Waals surface area contributed by atoms with Crippen molar-refractivity contribution >= 4 is 17.8 Å². The number of nitrogens with zero attached hydrogens (tertiary/aromatic N) is 4. The molecule has 0 bridgehead atoms. The van der Waals surface area contributed by atoms with Crippen molar-refractivity contribution < 1.29 is 4.42 Å². The van der Waals surface area contributed by atoms with Gasteiger partial charge in [0.25, 0.3) is 5.88 Å². The lowest BCUT2D eigenvalue weighted by Gasteiger charge is -2.20. The van der Waals surface area contributed by atoms with Crippen molar-refractivity contribution in [3.05, 3.63) is 41.4 Å². The first-order chi connectivity index (χ1) is 11.6. The molecule has 0 saturated carbocycles. The molecule has 2 rings (SSSR count). The molecule has 126 valence electrons. The van der Waals surface area contributed by atoms with Gasteiger partial charge >= 0.3 is 0 Å². The Labute approximate surface area is 142 Å². The summed E-state index contributed by atoms with van der Waals surface area (Å²) in [4.78, 5) is 6.41. The number of nitriles is 1. The number of hydrazone groups is 1. The SMILES string of the molecule is CCN(CC)c1ccc(C=NNc2oc(C(C)C)nc2C#N)cc1. The number of aromatic nitrogens is 1. The van der Waals surface area contributed by atoms with Crippen LogP contribution in [0.3, 0.4) is 0 Å². The molecule has 0 aliphatic heterocycles. The minimum absolute atomic E-state index is 0.115. The van der Waals surface area contributed by atoms with Crippen LogP contribution < -0.4 is 10.3 Å². The van der Waals surface area contributed by atoms with Gasteiger partial charge < -0.3 is 9.32 Å². The standard InChI is InChI=1S/C18H23N5O/c1-5-23(6-2)15-9-7-14(8-10-15)12-20-22-18-16(11-19)21-17(24-18)13(3)4/h7-10,12-13,22H,5-6H2,1-4H3. The molecule has 1 heterocycles. The van der Waals surface area contributed by atoms with Gasteiger partial charge in [-0.05, 0) is 31.5 Å². The van der Waals surface area contributed by atoms with Crippen molar-refractivity contribution in [2.24, 2.45) is 5.10 Å². The molecule has 0 fully saturated rings. The molecular formula is C18H23N5O. The Morgan fingerprint density at radius 1 is 1.29 bits per heavy atom. The number of hydrogen-bond donors (Lipinski definition) is 1. The highest BCUT2D eigenvalue weighted by Gasteiger charge is 2.14. The molecular weight excluding hydrogens is 302 g/mol. The van der Waals surface area contributed by atoms with Gasteiger partial charge in [0, 0.05) is 24.7 Å². The van der Waals surface area contributed by atoms with Crippen LogP contribution in [0.4, 0.5) is 11.6 Å². The van der Waals surface area contributed by atoms with E-state index in [1.165, 1.54) is 5.69 Å². The van der Waals surface area contributed by atoms with E-state index in [9.17, 15) is 0 Å². The molecule has 1 N–H and O–H groups in total. The molecule has 6 nitrogen and oxygen atoms in total. The third-order valence-corrected chi connectivity index (χ3v) is 3.64. The summed E-state index contributed by atoms with van der Waals surface area (Å²) in [6.07, 6.45) is 1.69. The highest BCUT2D eigenvalue weighted by atomic mass is 16.4. The van der Waals surface area contributed by atoms with Crippen LogP contribution in [0.25, 0.3) is 0 Å². The first kappa shape index (κ1) is 17.5. The Morgan fingerprint density at radius 2 is 1.96 bits per heavy atom. The highest BCUT2D eigenvalue weighted by Crippen LogP contribution is 2.22. The first-order valence-corrected chi connectivity index (χ1v) is 8.13. The fourth-order valence-corrected chi connectivity index (χ4v) is 2.26. The lowest BCUT2D eigenvalue weighted by Crippen LogP contribution is -2.21. The zero-order valence-corrected chi connectivity index (χ0v) is 14.6. The van der Waals surface area contributed by atoms with Crippen molar-refractivity contribution in [3.8, 4) is 6.07 Å². The van der Waals surface area contributed by atoms with E-state index in [0.29, 0.717) is 5.89 Å². The predicted octanol–water partition coefficient (Wildman–Crippen LogP) is 3.96. The number of anilines is 2. The third-order valence-electron chi connectivity index (χ3n) is 3.64. The number of nitrogens with one attached hydrogen (secondary N) is 1. The molecule has 1 aromatic heterocycles. The van der Waals surface area contributed by atoms with Crippen molar-refractivity contribution in [2.45, 2.75) is 33.6 Å². The maximum atomic E-state index is 9.09. The molecule has 0 radical (unpaired) electrons. The second-order valence-corrected chi connectivity index (χ2v) is 5.63. The summed E-state index contributed by atoms with van der Waals surface area (Å²) < 4.78 is 5.52. The second kappa shape index (κ2) is 8.16. The summed E-state index contributed by atoms with van der Waals surface area (Å²) in [6, 6.07) is 10.2. The predicted molar refractivity (Wildman–Crippen MR) is 96.5 cm³/mol. The van der Waals surface area contributed by atoms with Crippen LogP contribution in [0, 0.1) is 11.3 Å². The lowest BCUT2D eigenvalue weighted by atomic mass is 10.2. The largest absolute Gasteiger partial charge is 0.422 e. The van der Waals surface area contributed by atoms with Crippen LogP contribution in [-0.4, -0.2) is 24.3 Å². The molecule has 0 amide bonds. The number of rotatable bonds is 7. The Morgan fingerprint density at radius 3 is 2.50 bits per heavy atom. The van der Waals surface area contributed by atoms with E-state index in [0.717, 1.165) is 18.7 Å². The van der Waals surface area contributed by atoms with E-state index in [1.807, 2.05) is 32.0 Å². The minimum Gasteiger partial charge on any atom is -0.422 e. The average molecular weight is 325 g/mol. The molecule has 2 aromatic rings. The van der Waals surface area contributed by atoms with Gasteiger partial charge in [0.2, 0.25) is 11.6 Å². The lowest BCUT2D eigenvalue weighted by molar-refractivity contribution is 0.481. The first-order valence-electron chi connectivity index (χ1n) is 8.13. The van der Waals surface area contributed by atoms with Gasteiger partial charge in [0.05, 0.1) is 6.21 Å². The highest BCUT2D eigenvalue weighted by molar-refractivity contribution is 5.80. The molecule has 0 saturated heterocycles. The van der Waals surface area contributed by atoms with Crippen molar-refractivity contribution in [3.63, 3.8) is 0 Å². The van der Waals surface area contributed by atoms with E-state index < -0.39 is 0 Å². The zero-order valence-electron chi connectivity index (χ0n) is 14.6. The number of benzene rings is 1. The normalized spacial score (nSPS) is 11.0. The van der Waals surface area contributed by atoms with E-state index in [2.05, 4.69) is 46.4 Å². The topological polar surface area (TPSA) is 77.4 Å². The summed E-state index contributed by atoms with van der Waals surface area (Å²) in [7, 11) is 0. The fourth-order valence-electron chi connectivity index (χ4n) is 2.26. The quantitative estimate of drug-likeness (QED) is 0.616. The molecule has 0 atom stereocenters. The fraction of sp³-hybridized carbons (Fsp3) is 0.389.